The van der Waals surface area contributed by atoms with Crippen molar-refractivity contribution in [3.05, 3.63) is 71.4 Å². The van der Waals surface area contributed by atoms with Crippen LogP contribution in [0.2, 0.25) is 0 Å². The van der Waals surface area contributed by atoms with Crippen LogP contribution in [0.15, 0.2) is 54.7 Å². The summed E-state index contributed by atoms with van der Waals surface area (Å²) in [7, 11) is 1.29. The van der Waals surface area contributed by atoms with Crippen molar-refractivity contribution >= 4 is 40.3 Å². The molecule has 1 aliphatic rings. The number of nitriles is 1. The standard InChI is InChI=1S/C35H43N5O6/c1-34(2,3)45-32(42)39-29(19-24-21-37-27-11-9-8-10-25(24)27)30(20-36)38-28-13-12-23(18-26(28)31(41)44-7)22-14-16-40(17-15-22)33(43)46-35(4,5)6/h8-14,18,21,29-30,37-38H,15-17,19H2,1-7H3,(H,39,42)/t29-,30-/m0/s1. The second kappa shape index (κ2) is 14.0. The SMILES string of the molecule is COC(=O)c1cc(C2=CCN(C(=O)OC(C)(C)C)CC2)ccc1N[C@@H](C#N)[C@H](Cc1c[nH]c2ccccc12)NC(=O)OC(C)(C)C. The summed E-state index contributed by atoms with van der Waals surface area (Å²) in [6, 6.07) is 13.7. The first-order valence-corrected chi connectivity index (χ1v) is 15.3. The molecule has 1 aliphatic heterocycles. The number of hydrogen-bond donors (Lipinski definition) is 3. The minimum Gasteiger partial charge on any atom is -0.465 e. The molecule has 0 spiro atoms. The molecule has 2 atom stereocenters. The molecule has 3 aromatic rings. The van der Waals surface area contributed by atoms with Crippen molar-refractivity contribution in [3.63, 3.8) is 0 Å². The van der Waals surface area contributed by atoms with Crippen LogP contribution >= 0.6 is 0 Å². The van der Waals surface area contributed by atoms with Gasteiger partial charge >= 0.3 is 18.2 Å². The molecule has 0 saturated heterocycles. The highest BCUT2D eigenvalue weighted by molar-refractivity contribution is 5.97. The van der Waals surface area contributed by atoms with E-state index >= 15 is 0 Å². The first kappa shape index (κ1) is 33.9. The van der Waals surface area contributed by atoms with Gasteiger partial charge in [-0.05, 0) is 89.3 Å². The summed E-state index contributed by atoms with van der Waals surface area (Å²) in [6.07, 6.45) is 3.65. The molecule has 11 nitrogen and oxygen atoms in total. The first-order valence-electron chi connectivity index (χ1n) is 15.3. The summed E-state index contributed by atoms with van der Waals surface area (Å²) >= 11 is 0. The molecule has 4 rings (SSSR count). The third-order valence-electron chi connectivity index (χ3n) is 7.33. The molecule has 2 amide bonds. The molecule has 0 radical (unpaired) electrons. The maximum absolute atomic E-state index is 13.0. The number of alkyl carbamates (subject to hydrolysis) is 1. The lowest BCUT2D eigenvalue weighted by Gasteiger charge is -2.30. The number of nitrogens with zero attached hydrogens (tertiary/aromatic N) is 2. The minimum atomic E-state index is -0.952. The van der Waals surface area contributed by atoms with E-state index in [4.69, 9.17) is 14.2 Å². The lowest BCUT2D eigenvalue weighted by Crippen LogP contribution is -2.49. The summed E-state index contributed by atoms with van der Waals surface area (Å²) in [5.74, 6) is -0.582. The van der Waals surface area contributed by atoms with Crippen molar-refractivity contribution in [2.24, 2.45) is 0 Å². The van der Waals surface area contributed by atoms with Crippen molar-refractivity contribution < 1.29 is 28.6 Å². The Morgan fingerprint density at radius 1 is 1.04 bits per heavy atom. The molecule has 46 heavy (non-hydrogen) atoms. The number of nitrogens with one attached hydrogen (secondary N) is 3. The van der Waals surface area contributed by atoms with Gasteiger partial charge in [0.25, 0.3) is 0 Å². The largest absolute Gasteiger partial charge is 0.465 e. The second-order valence-corrected chi connectivity index (χ2v) is 13.2. The normalized spacial score (nSPS) is 14.8. The van der Waals surface area contributed by atoms with Gasteiger partial charge in [0.2, 0.25) is 0 Å². The smallest absolute Gasteiger partial charge is 0.410 e. The molecular weight excluding hydrogens is 586 g/mol. The highest BCUT2D eigenvalue weighted by Crippen LogP contribution is 2.29. The number of aromatic nitrogens is 1. The summed E-state index contributed by atoms with van der Waals surface area (Å²) in [5.41, 5.74) is 2.90. The fourth-order valence-corrected chi connectivity index (χ4v) is 5.21. The minimum absolute atomic E-state index is 0.235. The van der Waals surface area contributed by atoms with Crippen molar-refractivity contribution in [2.75, 3.05) is 25.5 Å². The Morgan fingerprint density at radius 2 is 1.76 bits per heavy atom. The zero-order valence-electron chi connectivity index (χ0n) is 27.5. The molecule has 11 heteroatoms. The number of fused-ring (bicyclic) bond motifs is 1. The van der Waals surface area contributed by atoms with Crippen LogP contribution in [0.4, 0.5) is 15.3 Å². The molecule has 0 unspecified atom stereocenters. The Bertz CT molecular complexity index is 1660. The van der Waals surface area contributed by atoms with Gasteiger partial charge in [-0.25, -0.2) is 14.4 Å². The fraction of sp³-hybridized carbons (Fsp3) is 0.429. The molecule has 1 aromatic heterocycles. The van der Waals surface area contributed by atoms with E-state index in [9.17, 15) is 19.6 Å². The summed E-state index contributed by atoms with van der Waals surface area (Å²) in [4.78, 5) is 43.3. The number of aromatic amines is 1. The van der Waals surface area contributed by atoms with E-state index in [0.717, 1.165) is 27.6 Å². The zero-order chi connectivity index (χ0) is 33.6. The molecule has 0 aliphatic carbocycles. The average Bonchev–Trinajstić information content (AvgIpc) is 3.40. The molecule has 244 valence electrons. The van der Waals surface area contributed by atoms with Crippen LogP contribution < -0.4 is 10.6 Å². The van der Waals surface area contributed by atoms with Gasteiger partial charge in [0, 0.05) is 35.9 Å². The van der Waals surface area contributed by atoms with Gasteiger partial charge in [-0.1, -0.05) is 30.3 Å². The Morgan fingerprint density at radius 3 is 2.39 bits per heavy atom. The predicted molar refractivity (Wildman–Crippen MR) is 176 cm³/mol. The molecule has 0 fully saturated rings. The number of para-hydroxylation sites is 1. The molecule has 0 saturated carbocycles. The Labute approximate surface area is 269 Å². The number of anilines is 1. The Balaban J connectivity index is 1.60. The van der Waals surface area contributed by atoms with E-state index in [-0.39, 0.29) is 11.7 Å². The van der Waals surface area contributed by atoms with Gasteiger partial charge in [0.1, 0.15) is 17.2 Å². The van der Waals surface area contributed by atoms with E-state index in [1.807, 2.05) is 63.4 Å². The van der Waals surface area contributed by atoms with Crippen molar-refractivity contribution in [2.45, 2.75) is 77.7 Å². The Hall–Kier alpha value is -4.98. The van der Waals surface area contributed by atoms with Gasteiger partial charge in [-0.2, -0.15) is 5.26 Å². The van der Waals surface area contributed by atoms with Crippen LogP contribution in [0.1, 0.15) is 69.4 Å². The quantitative estimate of drug-likeness (QED) is 0.191. The third kappa shape index (κ3) is 8.81. The van der Waals surface area contributed by atoms with Crippen LogP contribution in [-0.4, -0.2) is 71.5 Å². The summed E-state index contributed by atoms with van der Waals surface area (Å²) < 4.78 is 16.1. The van der Waals surface area contributed by atoms with Crippen LogP contribution in [0.5, 0.6) is 0 Å². The van der Waals surface area contributed by atoms with E-state index in [1.165, 1.54) is 7.11 Å². The molecule has 2 aromatic carbocycles. The highest BCUT2D eigenvalue weighted by Gasteiger charge is 2.29. The number of rotatable bonds is 8. The van der Waals surface area contributed by atoms with Gasteiger partial charge in [0.15, 0.2) is 0 Å². The van der Waals surface area contributed by atoms with Gasteiger partial charge < -0.3 is 34.7 Å². The fourth-order valence-electron chi connectivity index (χ4n) is 5.21. The van der Waals surface area contributed by atoms with E-state index in [2.05, 4.69) is 21.7 Å². The van der Waals surface area contributed by atoms with Gasteiger partial charge in [-0.15, -0.1) is 0 Å². The second-order valence-electron chi connectivity index (χ2n) is 13.2. The highest BCUT2D eigenvalue weighted by atomic mass is 16.6. The van der Waals surface area contributed by atoms with Crippen LogP contribution in [0.3, 0.4) is 0 Å². The van der Waals surface area contributed by atoms with Crippen molar-refractivity contribution in [1.82, 2.24) is 15.2 Å². The number of carbonyl (C=O) groups is 3. The van der Waals surface area contributed by atoms with E-state index < -0.39 is 35.3 Å². The molecule has 0 bridgehead atoms. The van der Waals surface area contributed by atoms with Crippen LogP contribution in [0.25, 0.3) is 16.5 Å². The van der Waals surface area contributed by atoms with Gasteiger partial charge in [0.05, 0.1) is 24.8 Å². The van der Waals surface area contributed by atoms with E-state index in [1.54, 1.807) is 37.8 Å². The molecule has 3 N–H and O–H groups in total. The van der Waals surface area contributed by atoms with Gasteiger partial charge in [-0.3, -0.25) is 0 Å². The third-order valence-corrected chi connectivity index (χ3v) is 7.33. The Kier molecular flexibility index (Phi) is 10.3. The number of ether oxygens (including phenoxy) is 3. The molecule has 2 heterocycles. The first-order chi connectivity index (χ1) is 21.7. The zero-order valence-corrected chi connectivity index (χ0v) is 27.5. The number of esters is 1. The number of hydrogen-bond acceptors (Lipinski definition) is 8. The number of H-pyrrole nitrogens is 1. The van der Waals surface area contributed by atoms with Crippen molar-refractivity contribution in [1.29, 1.82) is 5.26 Å². The maximum atomic E-state index is 13.0. The van der Waals surface area contributed by atoms with E-state index in [0.29, 0.717) is 31.6 Å². The number of benzene rings is 2. The topological polar surface area (TPSA) is 146 Å². The lowest BCUT2D eigenvalue weighted by molar-refractivity contribution is 0.0270. The monoisotopic (exact) mass is 629 g/mol. The predicted octanol–water partition coefficient (Wildman–Crippen LogP) is 6.42. The number of amides is 2. The van der Waals surface area contributed by atoms with Crippen molar-refractivity contribution in [3.8, 4) is 6.07 Å². The number of methoxy groups -OCH3 is 1. The average molecular weight is 630 g/mol. The molecular formula is C35H43N5O6. The summed E-state index contributed by atoms with van der Waals surface area (Å²) in [5, 5.41) is 17.4. The van der Waals surface area contributed by atoms with Crippen LogP contribution in [-0.2, 0) is 20.6 Å². The lowest BCUT2D eigenvalue weighted by atomic mass is 9.96. The summed E-state index contributed by atoms with van der Waals surface area (Å²) in [6.45, 7) is 11.6. The number of carbonyl (C=O) groups excluding carboxylic acids is 3. The maximum Gasteiger partial charge on any atom is 0.410 e. The van der Waals surface area contributed by atoms with Crippen LogP contribution in [0, 0.1) is 11.3 Å².